The van der Waals surface area contributed by atoms with Gasteiger partial charge in [0.25, 0.3) is 0 Å². The van der Waals surface area contributed by atoms with Crippen molar-refractivity contribution < 1.29 is 0 Å². The van der Waals surface area contributed by atoms with E-state index in [1.165, 1.54) is 24.3 Å². The van der Waals surface area contributed by atoms with Crippen LogP contribution in [0.15, 0.2) is 30.5 Å². The number of thiazole rings is 1. The van der Waals surface area contributed by atoms with Gasteiger partial charge in [-0.2, -0.15) is 0 Å². The van der Waals surface area contributed by atoms with E-state index >= 15 is 0 Å². The molecule has 0 saturated carbocycles. The molecule has 0 unspecified atom stereocenters. The molecule has 6 heteroatoms. The van der Waals surface area contributed by atoms with Gasteiger partial charge in [0.15, 0.2) is 5.13 Å². The number of imidazole rings is 1. The van der Waals surface area contributed by atoms with Crippen LogP contribution in [0.4, 0.5) is 5.13 Å². The summed E-state index contributed by atoms with van der Waals surface area (Å²) in [6, 6.07) is 8.29. The van der Waals surface area contributed by atoms with Gasteiger partial charge in [-0.25, -0.2) is 9.97 Å². The van der Waals surface area contributed by atoms with Crippen LogP contribution in [0.1, 0.15) is 23.5 Å². The zero-order valence-corrected chi connectivity index (χ0v) is 15.7. The zero-order valence-electron chi connectivity index (χ0n) is 14.9. The maximum atomic E-state index is 4.75. The maximum absolute atomic E-state index is 4.75. The third kappa shape index (κ3) is 3.85. The number of hydrogen-bond acceptors (Lipinski definition) is 5. The van der Waals surface area contributed by atoms with Gasteiger partial charge in [0, 0.05) is 44.7 Å². The lowest BCUT2D eigenvalue weighted by Crippen LogP contribution is -2.35. The maximum Gasteiger partial charge on any atom is 0.185 e. The molecule has 1 saturated heterocycles. The number of para-hydroxylation sites is 2. The summed E-state index contributed by atoms with van der Waals surface area (Å²) < 4.78 is 0. The number of fused-ring (bicyclic) bond motifs is 1. The average molecular weight is 356 g/mol. The summed E-state index contributed by atoms with van der Waals surface area (Å²) in [6.07, 6.45) is 5.63. The van der Waals surface area contributed by atoms with Gasteiger partial charge in [-0.05, 0) is 37.4 Å². The number of rotatable bonds is 5. The van der Waals surface area contributed by atoms with Gasteiger partial charge in [0.05, 0.1) is 11.0 Å². The van der Waals surface area contributed by atoms with Crippen LogP contribution in [0.2, 0.25) is 0 Å². The van der Waals surface area contributed by atoms with Gasteiger partial charge in [-0.3, -0.25) is 4.90 Å². The van der Waals surface area contributed by atoms with Crippen molar-refractivity contribution in [2.45, 2.75) is 25.8 Å². The fourth-order valence-electron chi connectivity index (χ4n) is 3.63. The van der Waals surface area contributed by atoms with Crippen molar-refractivity contribution in [1.82, 2.24) is 19.9 Å². The summed E-state index contributed by atoms with van der Waals surface area (Å²) in [6.45, 7) is 3.35. The fourth-order valence-corrected chi connectivity index (χ4v) is 4.51. The zero-order chi connectivity index (χ0) is 17.2. The summed E-state index contributed by atoms with van der Waals surface area (Å²) >= 11 is 1.80. The third-order valence-corrected chi connectivity index (χ3v) is 5.98. The third-order valence-electron chi connectivity index (χ3n) is 4.83. The van der Waals surface area contributed by atoms with Gasteiger partial charge >= 0.3 is 0 Å². The molecule has 2 aromatic heterocycles. The summed E-state index contributed by atoms with van der Waals surface area (Å²) in [5.41, 5.74) is 2.22. The minimum Gasteiger partial charge on any atom is -0.354 e. The number of aromatic amines is 1. The van der Waals surface area contributed by atoms with Crippen molar-refractivity contribution in [3.63, 3.8) is 0 Å². The van der Waals surface area contributed by atoms with Crippen LogP contribution >= 0.6 is 11.3 Å². The minimum absolute atomic E-state index is 0.676. The molecular formula is C19H25N5S. The minimum atomic E-state index is 0.676. The van der Waals surface area contributed by atoms with Gasteiger partial charge in [0.2, 0.25) is 0 Å². The van der Waals surface area contributed by atoms with Crippen LogP contribution in [-0.4, -0.2) is 47.0 Å². The molecule has 1 aliphatic heterocycles. The average Bonchev–Trinajstić information content (AvgIpc) is 3.21. The normalized spacial score (nSPS) is 18.7. The highest BCUT2D eigenvalue weighted by molar-refractivity contribution is 7.15. The second-order valence-corrected chi connectivity index (χ2v) is 8.25. The predicted molar refractivity (Wildman–Crippen MR) is 104 cm³/mol. The second-order valence-electron chi connectivity index (χ2n) is 7.15. The first-order valence-corrected chi connectivity index (χ1v) is 9.77. The Morgan fingerprint density at radius 3 is 3.00 bits per heavy atom. The number of likely N-dealkylation sites (tertiary alicyclic amines) is 1. The first-order chi connectivity index (χ1) is 12.2. The molecule has 1 atom stereocenters. The van der Waals surface area contributed by atoms with E-state index in [-0.39, 0.29) is 0 Å². The summed E-state index contributed by atoms with van der Waals surface area (Å²) in [5, 5.41) is 1.09. The van der Waals surface area contributed by atoms with E-state index < -0.39 is 0 Å². The van der Waals surface area contributed by atoms with Gasteiger partial charge in [-0.1, -0.05) is 12.1 Å². The standard InChI is InChI=1S/C19H25N5S/c1-23(2)19-20-11-15(25-19)13-24-9-5-6-14(12-24)10-18-21-16-7-3-4-8-17(16)22-18/h3-4,7-8,11,14H,5-6,9-10,12-13H2,1-2H3,(H,21,22)/t14-/m0/s1. The molecule has 4 rings (SSSR count). The van der Waals surface area contributed by atoms with Crippen LogP contribution in [0.25, 0.3) is 11.0 Å². The van der Waals surface area contributed by atoms with E-state index in [2.05, 4.69) is 38.0 Å². The van der Waals surface area contributed by atoms with Crippen molar-refractivity contribution in [2.75, 3.05) is 32.1 Å². The molecule has 0 aliphatic carbocycles. The Morgan fingerprint density at radius 1 is 1.32 bits per heavy atom. The monoisotopic (exact) mass is 355 g/mol. The molecule has 5 nitrogen and oxygen atoms in total. The molecular weight excluding hydrogens is 330 g/mol. The highest BCUT2D eigenvalue weighted by Crippen LogP contribution is 2.26. The lowest BCUT2D eigenvalue weighted by molar-refractivity contribution is 0.167. The van der Waals surface area contributed by atoms with E-state index in [0.29, 0.717) is 5.92 Å². The highest BCUT2D eigenvalue weighted by atomic mass is 32.1. The number of anilines is 1. The fraction of sp³-hybridized carbons (Fsp3) is 0.474. The molecule has 25 heavy (non-hydrogen) atoms. The number of benzene rings is 1. The molecule has 3 aromatic rings. The lowest BCUT2D eigenvalue weighted by atomic mass is 9.94. The van der Waals surface area contributed by atoms with Crippen molar-refractivity contribution in [1.29, 1.82) is 0 Å². The number of H-pyrrole nitrogens is 1. The van der Waals surface area contributed by atoms with E-state index in [0.717, 1.165) is 41.5 Å². The van der Waals surface area contributed by atoms with E-state index in [1.54, 1.807) is 11.3 Å². The first kappa shape index (κ1) is 16.5. The van der Waals surface area contributed by atoms with Crippen molar-refractivity contribution in [3.05, 3.63) is 41.2 Å². The van der Waals surface area contributed by atoms with Gasteiger partial charge in [-0.15, -0.1) is 11.3 Å². The van der Waals surface area contributed by atoms with Crippen LogP contribution in [0.3, 0.4) is 0 Å². The molecule has 1 aliphatic rings. The molecule has 0 spiro atoms. The Balaban J connectivity index is 1.38. The van der Waals surface area contributed by atoms with Crippen molar-refractivity contribution in [2.24, 2.45) is 5.92 Å². The lowest BCUT2D eigenvalue weighted by Gasteiger charge is -2.32. The molecule has 1 aromatic carbocycles. The number of hydrogen-bond donors (Lipinski definition) is 1. The number of nitrogens with one attached hydrogen (secondary N) is 1. The molecule has 0 amide bonds. The first-order valence-electron chi connectivity index (χ1n) is 8.95. The van der Waals surface area contributed by atoms with Crippen LogP contribution in [-0.2, 0) is 13.0 Å². The van der Waals surface area contributed by atoms with E-state index in [1.807, 2.05) is 26.4 Å². The van der Waals surface area contributed by atoms with Crippen molar-refractivity contribution in [3.8, 4) is 0 Å². The number of aromatic nitrogens is 3. The van der Waals surface area contributed by atoms with Gasteiger partial charge < -0.3 is 9.88 Å². The SMILES string of the molecule is CN(C)c1ncc(CN2CCC[C@@H](Cc3nc4ccccc4[nH]3)C2)s1. The molecule has 3 heterocycles. The predicted octanol–water partition coefficient (Wildman–Crippen LogP) is 3.54. The Hall–Kier alpha value is -1.92. The Kier molecular flexibility index (Phi) is 4.72. The summed E-state index contributed by atoms with van der Waals surface area (Å²) in [4.78, 5) is 18.7. The Morgan fingerprint density at radius 2 is 2.20 bits per heavy atom. The number of nitrogens with zero attached hydrogens (tertiary/aromatic N) is 4. The molecule has 0 radical (unpaired) electrons. The Labute approximate surface area is 152 Å². The largest absolute Gasteiger partial charge is 0.354 e. The Bertz CT molecular complexity index is 804. The quantitative estimate of drug-likeness (QED) is 0.760. The second kappa shape index (κ2) is 7.14. The highest BCUT2D eigenvalue weighted by Gasteiger charge is 2.22. The molecule has 132 valence electrons. The molecule has 0 bridgehead atoms. The summed E-state index contributed by atoms with van der Waals surface area (Å²) in [7, 11) is 4.10. The smallest absolute Gasteiger partial charge is 0.185 e. The summed E-state index contributed by atoms with van der Waals surface area (Å²) in [5.74, 6) is 1.80. The van der Waals surface area contributed by atoms with Crippen LogP contribution in [0.5, 0.6) is 0 Å². The van der Waals surface area contributed by atoms with Gasteiger partial charge in [0.1, 0.15) is 5.82 Å². The van der Waals surface area contributed by atoms with E-state index in [4.69, 9.17) is 4.98 Å². The topological polar surface area (TPSA) is 48.1 Å². The molecule has 1 N–H and O–H groups in total. The van der Waals surface area contributed by atoms with Crippen molar-refractivity contribution >= 4 is 27.5 Å². The van der Waals surface area contributed by atoms with E-state index in [9.17, 15) is 0 Å². The van der Waals surface area contributed by atoms with Crippen LogP contribution < -0.4 is 4.90 Å². The molecule has 1 fully saturated rings. The number of piperidine rings is 1. The van der Waals surface area contributed by atoms with Crippen LogP contribution in [0, 0.1) is 5.92 Å².